The lowest BCUT2D eigenvalue weighted by molar-refractivity contribution is 0.00275. The molecule has 130 valence electrons. The van der Waals surface area contributed by atoms with Crippen LogP contribution in [-0.2, 0) is 0 Å². The molecule has 2 N–H and O–H groups in total. The molecule has 0 aliphatic rings. The molecule has 0 aromatic rings. The minimum absolute atomic E-state index is 0.612. The number of nitrogens with zero attached hydrogens (tertiary/aromatic N) is 4. The zero-order valence-electron chi connectivity index (χ0n) is 14.9. The van der Waals surface area contributed by atoms with E-state index >= 15 is 0 Å². The summed E-state index contributed by atoms with van der Waals surface area (Å²) in [5, 5.41) is 4.37. The van der Waals surface area contributed by atoms with Crippen LogP contribution >= 0.6 is 0 Å². The van der Waals surface area contributed by atoms with Crippen LogP contribution in [0, 0.1) is 0 Å². The van der Waals surface area contributed by atoms with E-state index in [1.54, 1.807) is 7.05 Å². The largest absolute Gasteiger partial charge is 0.401 e. The lowest BCUT2D eigenvalue weighted by atomic mass is 10.3. The number of rotatable bonds is 14. The van der Waals surface area contributed by atoms with Crippen LogP contribution in [0.5, 0.6) is 0 Å². The predicted octanol–water partition coefficient (Wildman–Crippen LogP) is 1.93. The lowest BCUT2D eigenvalue weighted by Crippen LogP contribution is -2.48. The van der Waals surface area contributed by atoms with E-state index in [9.17, 15) is 0 Å². The minimum Gasteiger partial charge on any atom is -0.401 e. The van der Waals surface area contributed by atoms with Gasteiger partial charge in [0.05, 0.1) is 6.54 Å². The zero-order chi connectivity index (χ0) is 17.7. The summed E-state index contributed by atoms with van der Waals surface area (Å²) in [6.07, 6.45) is 5.68. The third-order valence-electron chi connectivity index (χ3n) is 3.16. The Balaban J connectivity index is 4.90. The van der Waals surface area contributed by atoms with Crippen LogP contribution in [0.3, 0.4) is 0 Å². The van der Waals surface area contributed by atoms with Gasteiger partial charge in [-0.3, -0.25) is 9.89 Å². The first kappa shape index (κ1) is 21.3. The number of nitrogens with two attached hydrogens (primary N) is 1. The van der Waals surface area contributed by atoms with Crippen LogP contribution in [0.1, 0.15) is 6.92 Å². The molecule has 0 heterocycles. The summed E-state index contributed by atoms with van der Waals surface area (Å²) in [6.45, 7) is 23.0. The van der Waals surface area contributed by atoms with Gasteiger partial charge in [-0.15, -0.1) is 13.2 Å². The molecule has 0 bridgehead atoms. The molecule has 0 atom stereocenters. The third-order valence-corrected chi connectivity index (χ3v) is 3.16. The van der Waals surface area contributed by atoms with Gasteiger partial charge in [-0.25, -0.2) is 10.0 Å². The fraction of sp³-hybridized carbons (Fsp3) is 0.500. The minimum atomic E-state index is 0.612. The van der Waals surface area contributed by atoms with Gasteiger partial charge in [-0.1, -0.05) is 30.9 Å². The van der Waals surface area contributed by atoms with Gasteiger partial charge in [0.2, 0.25) is 0 Å². The molecule has 0 rings (SSSR count). The van der Waals surface area contributed by atoms with E-state index in [-0.39, 0.29) is 0 Å². The van der Waals surface area contributed by atoms with Crippen molar-refractivity contribution in [2.45, 2.75) is 6.92 Å². The Morgan fingerprint density at radius 2 is 1.65 bits per heavy atom. The van der Waals surface area contributed by atoms with Crippen molar-refractivity contribution in [2.75, 3.05) is 52.9 Å². The third kappa shape index (κ3) is 10.6. The average Bonchev–Trinajstić information content (AvgIpc) is 2.47. The molecule has 0 aliphatic heterocycles. The van der Waals surface area contributed by atoms with E-state index < -0.39 is 0 Å². The van der Waals surface area contributed by atoms with Gasteiger partial charge < -0.3 is 5.73 Å². The van der Waals surface area contributed by atoms with Gasteiger partial charge in [-0.2, -0.15) is 0 Å². The number of aliphatic imine (C=N–C) groups is 1. The van der Waals surface area contributed by atoms with Gasteiger partial charge in [0.15, 0.2) is 0 Å². The molecule has 0 saturated carbocycles. The quantitative estimate of drug-likeness (QED) is 0.302. The van der Waals surface area contributed by atoms with Crippen molar-refractivity contribution in [1.29, 1.82) is 0 Å². The Hall–Kier alpha value is -1.69. The van der Waals surface area contributed by atoms with Crippen molar-refractivity contribution < 1.29 is 0 Å². The summed E-state index contributed by atoms with van der Waals surface area (Å²) in [4.78, 5) is 6.37. The second-order valence-corrected chi connectivity index (χ2v) is 5.63. The maximum Gasteiger partial charge on any atom is 0.0524 e. The number of hydrogen-bond acceptors (Lipinski definition) is 5. The SMILES string of the molecule is C=CCN(CCN(CC(=C)N)N(CC=C)CC=NC)CC(=C)C. The van der Waals surface area contributed by atoms with Crippen LogP contribution in [0.4, 0.5) is 0 Å². The maximum absolute atomic E-state index is 5.84. The van der Waals surface area contributed by atoms with Crippen molar-refractivity contribution >= 4 is 6.21 Å². The standard InChI is InChI=1S/C18H33N5/c1-7-10-21(15-17(3)4)13-14-23(16-18(5)19)22(11-8-2)12-9-20-6/h7-9H,1-3,5,10-16,19H2,4,6H3. The second-order valence-electron chi connectivity index (χ2n) is 5.63. The molecule has 23 heavy (non-hydrogen) atoms. The molecule has 0 aliphatic carbocycles. The highest BCUT2D eigenvalue weighted by Crippen LogP contribution is 2.03. The van der Waals surface area contributed by atoms with Crippen LogP contribution in [-0.4, -0.2) is 74.0 Å². The number of hydrazine groups is 1. The van der Waals surface area contributed by atoms with Crippen molar-refractivity contribution in [1.82, 2.24) is 14.9 Å². The lowest BCUT2D eigenvalue weighted by Gasteiger charge is -2.35. The summed E-state index contributed by atoms with van der Waals surface area (Å²) in [5.74, 6) is 0. The van der Waals surface area contributed by atoms with E-state index in [1.807, 2.05) is 25.3 Å². The average molecular weight is 319 g/mol. The molecule has 0 amide bonds. The van der Waals surface area contributed by atoms with E-state index in [0.717, 1.165) is 44.8 Å². The van der Waals surface area contributed by atoms with E-state index in [1.165, 1.54) is 0 Å². The van der Waals surface area contributed by atoms with Crippen LogP contribution in [0.15, 0.2) is 54.7 Å². The summed E-state index contributed by atoms with van der Waals surface area (Å²) >= 11 is 0. The van der Waals surface area contributed by atoms with Crippen molar-refractivity contribution in [3.8, 4) is 0 Å². The topological polar surface area (TPSA) is 48.1 Å². The number of hydrogen-bond donors (Lipinski definition) is 1. The zero-order valence-corrected chi connectivity index (χ0v) is 14.9. The highest BCUT2D eigenvalue weighted by atomic mass is 15.6. The van der Waals surface area contributed by atoms with Gasteiger partial charge in [0, 0.05) is 58.2 Å². The van der Waals surface area contributed by atoms with Gasteiger partial charge in [0.1, 0.15) is 0 Å². The Labute approximate surface area is 142 Å². The first-order valence-electron chi connectivity index (χ1n) is 7.86. The van der Waals surface area contributed by atoms with E-state index in [4.69, 9.17) is 5.73 Å². The molecule has 0 spiro atoms. The van der Waals surface area contributed by atoms with Crippen molar-refractivity contribution in [3.05, 3.63) is 49.7 Å². The van der Waals surface area contributed by atoms with Gasteiger partial charge in [-0.05, 0) is 6.92 Å². The molecule has 0 saturated heterocycles. The van der Waals surface area contributed by atoms with Gasteiger partial charge >= 0.3 is 0 Å². The van der Waals surface area contributed by atoms with Crippen LogP contribution in [0.2, 0.25) is 0 Å². The van der Waals surface area contributed by atoms with Gasteiger partial charge in [0.25, 0.3) is 0 Å². The molecule has 0 fully saturated rings. The Morgan fingerprint density at radius 3 is 2.13 bits per heavy atom. The summed E-state index contributed by atoms with van der Waals surface area (Å²) < 4.78 is 0. The molecule has 0 radical (unpaired) electrons. The van der Waals surface area contributed by atoms with E-state index in [0.29, 0.717) is 12.2 Å². The molecule has 0 unspecified atom stereocenters. The monoisotopic (exact) mass is 319 g/mol. The highest BCUT2D eigenvalue weighted by Gasteiger charge is 2.15. The highest BCUT2D eigenvalue weighted by molar-refractivity contribution is 5.59. The molecule has 0 aromatic heterocycles. The summed E-state index contributed by atoms with van der Waals surface area (Å²) in [5.41, 5.74) is 7.62. The molecule has 5 heteroatoms. The Kier molecular flexibility index (Phi) is 11.9. The fourth-order valence-electron chi connectivity index (χ4n) is 2.24. The van der Waals surface area contributed by atoms with E-state index in [2.05, 4.69) is 46.2 Å². The molecule has 5 nitrogen and oxygen atoms in total. The first-order chi connectivity index (χ1) is 10.9. The smallest absolute Gasteiger partial charge is 0.0524 e. The van der Waals surface area contributed by atoms with Crippen LogP contribution < -0.4 is 5.73 Å². The van der Waals surface area contributed by atoms with Crippen molar-refractivity contribution in [2.24, 2.45) is 10.7 Å². The van der Waals surface area contributed by atoms with Crippen LogP contribution in [0.25, 0.3) is 0 Å². The second kappa shape index (κ2) is 12.8. The first-order valence-corrected chi connectivity index (χ1v) is 7.86. The Bertz CT molecular complexity index is 414. The normalized spacial score (nSPS) is 11.5. The molecular formula is C18H33N5. The predicted molar refractivity (Wildman–Crippen MR) is 103 cm³/mol. The Morgan fingerprint density at radius 1 is 1.00 bits per heavy atom. The molecule has 0 aromatic carbocycles. The fourth-order valence-corrected chi connectivity index (χ4v) is 2.24. The maximum atomic E-state index is 5.84. The molecular weight excluding hydrogens is 286 g/mol. The summed E-state index contributed by atoms with van der Waals surface area (Å²) in [6, 6.07) is 0. The van der Waals surface area contributed by atoms with Crippen molar-refractivity contribution in [3.63, 3.8) is 0 Å². The summed E-state index contributed by atoms with van der Waals surface area (Å²) in [7, 11) is 1.77.